The smallest absolute Gasteiger partial charge is 0.229 e. The van der Waals surface area contributed by atoms with Crippen LogP contribution >= 0.6 is 0 Å². The number of allylic oxidation sites excluding steroid dienone is 1. The largest absolute Gasteiger partial charge is 0.340 e. The highest BCUT2D eigenvalue weighted by atomic mass is 15.1. The van der Waals surface area contributed by atoms with Crippen molar-refractivity contribution in [3.05, 3.63) is 76.9 Å². The highest BCUT2D eigenvalue weighted by molar-refractivity contribution is 5.69. The summed E-state index contributed by atoms with van der Waals surface area (Å²) in [4.78, 5) is 8.05. The molecule has 3 rings (SSSR count). The maximum absolute atomic E-state index is 8.98. The fraction of sp³-hybridized carbons (Fsp3) is 0.0909. The minimum absolute atomic E-state index is 0.0289. The fourth-order valence-corrected chi connectivity index (χ4v) is 2.25. The van der Waals surface area contributed by atoms with Crippen LogP contribution in [0.15, 0.2) is 54.6 Å². The molecule has 6 heteroatoms. The second-order valence-electron chi connectivity index (χ2n) is 5.43. The SMILES string of the molecule is [2H]/C(C#N)=C(/[2H])c1c([2H])c(C)c(Nc2nc(Nc3ccc(C#N)cc3)nc([2H])c2[2H])c(C([2H])([2H])[2H])c1[2H]. The van der Waals surface area contributed by atoms with Gasteiger partial charge in [0.05, 0.1) is 25.9 Å². The highest BCUT2D eigenvalue weighted by Crippen LogP contribution is 2.26. The molecule has 0 bridgehead atoms. The summed E-state index contributed by atoms with van der Waals surface area (Å²) in [6.45, 7) is -1.57. The van der Waals surface area contributed by atoms with Crippen LogP contribution in [0, 0.1) is 36.4 Å². The molecular formula is C22H18N6. The Morgan fingerprint density at radius 3 is 2.68 bits per heavy atom. The Morgan fingerprint density at radius 2 is 1.96 bits per heavy atom. The molecule has 0 spiro atoms. The summed E-state index contributed by atoms with van der Waals surface area (Å²) in [5, 5.41) is 23.4. The predicted molar refractivity (Wildman–Crippen MR) is 110 cm³/mol. The Hall–Kier alpha value is -4.16. The Kier molecular flexibility index (Phi) is 3.10. The third-order valence-electron chi connectivity index (χ3n) is 3.50. The molecule has 2 aromatic carbocycles. The van der Waals surface area contributed by atoms with E-state index >= 15 is 0 Å². The van der Waals surface area contributed by atoms with Crippen molar-refractivity contribution in [1.82, 2.24) is 9.97 Å². The summed E-state index contributed by atoms with van der Waals surface area (Å²) >= 11 is 0. The number of anilines is 4. The topological polar surface area (TPSA) is 97.4 Å². The Morgan fingerprint density at radius 1 is 1.18 bits per heavy atom. The van der Waals surface area contributed by atoms with Crippen LogP contribution in [-0.2, 0) is 0 Å². The summed E-state index contributed by atoms with van der Waals surface area (Å²) in [5.74, 6) is -0.393. The van der Waals surface area contributed by atoms with E-state index in [1.807, 2.05) is 6.07 Å². The standard InChI is InChI=1S/C22H18N6/c1-15-12-18(4-3-10-23)13-16(2)21(15)27-20-9-11-25-22(28-20)26-19-7-5-17(14-24)6-8-19/h3-9,11-13H,1-2H3,(H2,25,26,27,28)/b4-3+/i1D3,3D,4D,9D,11D,12D,13D. The van der Waals surface area contributed by atoms with Gasteiger partial charge in [-0.25, -0.2) is 4.98 Å². The minimum atomic E-state index is -2.93. The third-order valence-corrected chi connectivity index (χ3v) is 3.50. The average molecular weight is 375 g/mol. The first-order chi connectivity index (χ1) is 17.3. The summed E-state index contributed by atoms with van der Waals surface area (Å²) in [6, 6.07) is 6.40. The van der Waals surface area contributed by atoms with E-state index in [1.54, 1.807) is 24.3 Å². The number of rotatable bonds is 5. The molecule has 0 aliphatic heterocycles. The van der Waals surface area contributed by atoms with Crippen molar-refractivity contribution in [3.8, 4) is 12.1 Å². The molecule has 0 fully saturated rings. The van der Waals surface area contributed by atoms with Gasteiger partial charge in [0.15, 0.2) is 0 Å². The quantitative estimate of drug-likeness (QED) is 0.610. The second-order valence-corrected chi connectivity index (χ2v) is 5.43. The molecule has 0 unspecified atom stereocenters. The van der Waals surface area contributed by atoms with Crippen molar-refractivity contribution in [2.75, 3.05) is 10.6 Å². The molecular weight excluding hydrogens is 348 g/mol. The van der Waals surface area contributed by atoms with E-state index < -0.39 is 54.4 Å². The molecule has 1 aromatic heterocycles. The van der Waals surface area contributed by atoms with Crippen molar-refractivity contribution in [2.45, 2.75) is 13.8 Å². The molecule has 1 heterocycles. The van der Waals surface area contributed by atoms with Crippen LogP contribution in [-0.4, -0.2) is 9.97 Å². The zero-order chi connectivity index (χ0) is 27.7. The monoisotopic (exact) mass is 375 g/mol. The molecule has 0 aliphatic carbocycles. The normalized spacial score (nSPS) is 16.0. The molecule has 0 amide bonds. The second kappa shape index (κ2) is 8.48. The Balaban J connectivity index is 2.18. The molecule has 3 aromatic rings. The summed E-state index contributed by atoms with van der Waals surface area (Å²) in [5.41, 5.74) is -0.463. The van der Waals surface area contributed by atoms with E-state index in [-0.39, 0.29) is 23.0 Å². The van der Waals surface area contributed by atoms with Crippen LogP contribution in [0.1, 0.15) is 34.6 Å². The number of hydrogen-bond donors (Lipinski definition) is 2. The predicted octanol–water partition coefficient (Wildman–Crippen LogP) is 4.99. The van der Waals surface area contributed by atoms with Gasteiger partial charge in [0.25, 0.3) is 0 Å². The van der Waals surface area contributed by atoms with Crippen molar-refractivity contribution in [2.24, 2.45) is 0 Å². The van der Waals surface area contributed by atoms with Gasteiger partial charge in [0, 0.05) is 27.7 Å². The maximum Gasteiger partial charge on any atom is 0.229 e. The van der Waals surface area contributed by atoms with Crippen LogP contribution in [0.4, 0.5) is 23.1 Å². The number of hydrogen-bond acceptors (Lipinski definition) is 6. The molecule has 28 heavy (non-hydrogen) atoms. The zero-order valence-corrected chi connectivity index (χ0v) is 14.6. The molecule has 6 nitrogen and oxygen atoms in total. The lowest BCUT2D eigenvalue weighted by atomic mass is 10.0. The van der Waals surface area contributed by atoms with Gasteiger partial charge < -0.3 is 10.6 Å². The van der Waals surface area contributed by atoms with Gasteiger partial charge >= 0.3 is 0 Å². The highest BCUT2D eigenvalue weighted by Gasteiger charge is 2.07. The Bertz CT molecular complexity index is 1500. The van der Waals surface area contributed by atoms with Crippen LogP contribution < -0.4 is 10.6 Å². The lowest BCUT2D eigenvalue weighted by Crippen LogP contribution is -2.02. The molecule has 0 saturated carbocycles. The number of benzene rings is 2. The molecule has 0 saturated heterocycles. The number of aromatic nitrogens is 2. The lowest BCUT2D eigenvalue weighted by molar-refractivity contribution is 1.16. The van der Waals surface area contributed by atoms with Crippen LogP contribution in [0.5, 0.6) is 0 Å². The molecule has 136 valence electrons. The van der Waals surface area contributed by atoms with Gasteiger partial charge in [-0.2, -0.15) is 15.5 Å². The number of nitriles is 2. The maximum atomic E-state index is 8.98. The van der Waals surface area contributed by atoms with E-state index in [1.165, 1.54) is 13.0 Å². The average Bonchev–Trinajstić information content (AvgIpc) is 2.84. The summed E-state index contributed by atoms with van der Waals surface area (Å²) in [7, 11) is 0. The van der Waals surface area contributed by atoms with Gasteiger partial charge in [0.2, 0.25) is 5.95 Å². The molecule has 0 aliphatic rings. The first-order valence-corrected chi connectivity index (χ1v) is 7.91. The molecule has 0 radical (unpaired) electrons. The van der Waals surface area contributed by atoms with Crippen LogP contribution in [0.3, 0.4) is 0 Å². The minimum Gasteiger partial charge on any atom is -0.340 e. The van der Waals surface area contributed by atoms with E-state index in [0.717, 1.165) is 0 Å². The first kappa shape index (κ1) is 10.2. The van der Waals surface area contributed by atoms with Crippen molar-refractivity contribution in [1.29, 1.82) is 10.5 Å². The van der Waals surface area contributed by atoms with Gasteiger partial charge in [-0.3, -0.25) is 0 Å². The van der Waals surface area contributed by atoms with E-state index in [9.17, 15) is 0 Å². The van der Waals surface area contributed by atoms with E-state index in [0.29, 0.717) is 11.3 Å². The first-order valence-electron chi connectivity index (χ1n) is 12.4. The van der Waals surface area contributed by atoms with Crippen LogP contribution in [0.25, 0.3) is 6.05 Å². The van der Waals surface area contributed by atoms with E-state index in [2.05, 4.69) is 20.6 Å². The Labute approximate surface area is 176 Å². The molecule has 0 atom stereocenters. The third kappa shape index (κ3) is 4.51. The zero-order valence-electron chi connectivity index (χ0n) is 23.6. The van der Waals surface area contributed by atoms with Gasteiger partial charge in [0.1, 0.15) is 5.82 Å². The fourth-order valence-electron chi connectivity index (χ4n) is 2.25. The van der Waals surface area contributed by atoms with Crippen LogP contribution in [0.2, 0.25) is 0 Å². The van der Waals surface area contributed by atoms with Crippen molar-refractivity contribution >= 4 is 29.2 Å². The van der Waals surface area contributed by atoms with Crippen molar-refractivity contribution < 1.29 is 12.3 Å². The lowest BCUT2D eigenvalue weighted by Gasteiger charge is -2.14. The number of nitrogens with zero attached hydrogens (tertiary/aromatic N) is 4. The van der Waals surface area contributed by atoms with Gasteiger partial charge in [-0.05, 0) is 78.9 Å². The molecule has 2 N–H and O–H groups in total. The van der Waals surface area contributed by atoms with Gasteiger partial charge in [-0.15, -0.1) is 0 Å². The summed E-state index contributed by atoms with van der Waals surface area (Å²) in [6.07, 6.45) is -0.500. The summed E-state index contributed by atoms with van der Waals surface area (Å²) < 4.78 is 72.6. The van der Waals surface area contributed by atoms with Crippen molar-refractivity contribution in [3.63, 3.8) is 0 Å². The van der Waals surface area contributed by atoms with E-state index in [4.69, 9.17) is 22.9 Å². The van der Waals surface area contributed by atoms with Gasteiger partial charge in [-0.1, -0.05) is 0 Å². The number of nitrogens with one attached hydrogen (secondary N) is 2.